The van der Waals surface area contributed by atoms with Crippen molar-refractivity contribution in [2.75, 3.05) is 0 Å². The van der Waals surface area contributed by atoms with Gasteiger partial charge >= 0.3 is 7.12 Å². The van der Waals surface area contributed by atoms with Gasteiger partial charge in [-0.3, -0.25) is 0 Å². The van der Waals surface area contributed by atoms with Gasteiger partial charge in [-0.1, -0.05) is 27.7 Å². The molecule has 0 amide bonds. The molecule has 0 aromatic rings. The van der Waals surface area contributed by atoms with E-state index in [0.29, 0.717) is 17.3 Å². The van der Waals surface area contributed by atoms with Crippen LogP contribution in [0.2, 0.25) is 0 Å². The fourth-order valence-corrected chi connectivity index (χ4v) is 4.74. The molecule has 0 radical (unpaired) electrons. The number of hydrogen-bond donors (Lipinski definition) is 1. The number of nitrogens with two attached hydrogens (primary N) is 1. The summed E-state index contributed by atoms with van der Waals surface area (Å²) in [6.45, 7) is 11.4. The summed E-state index contributed by atoms with van der Waals surface area (Å²) >= 11 is 0. The van der Waals surface area contributed by atoms with E-state index in [0.717, 1.165) is 18.8 Å². The van der Waals surface area contributed by atoms with Crippen molar-refractivity contribution in [2.45, 2.75) is 71.5 Å². The monoisotopic (exact) mass is 301 g/mol. The van der Waals surface area contributed by atoms with Crippen LogP contribution < -0.4 is 5.73 Å². The molecule has 20 heavy (non-hydrogen) atoms. The molecule has 5 atom stereocenters. The van der Waals surface area contributed by atoms with Crippen LogP contribution in [0, 0.1) is 23.2 Å². The quantitative estimate of drug-likeness (QED) is 0.815. The third-order valence-corrected chi connectivity index (χ3v) is 6.06. The predicted molar refractivity (Wildman–Crippen MR) is 84.8 cm³/mol. The standard InChI is InChI=1S/C15H28BNO2.ClH/c1-9(2)6-13(17)16-18-12-8-10-7-11(14(10,3)4)15(12,5)19-16;/h9-13H,6-8,17H2,1-5H3;1H/t10-,11-,12-,13-,15-;/m0./s1. The summed E-state index contributed by atoms with van der Waals surface area (Å²) in [6.07, 6.45) is 3.67. The Bertz CT molecular complexity index is 379. The van der Waals surface area contributed by atoms with E-state index in [1.54, 1.807) is 0 Å². The topological polar surface area (TPSA) is 44.5 Å². The van der Waals surface area contributed by atoms with Crippen molar-refractivity contribution in [2.24, 2.45) is 28.9 Å². The molecule has 4 rings (SSSR count). The molecule has 4 aliphatic rings. The van der Waals surface area contributed by atoms with Gasteiger partial charge in [-0.05, 0) is 49.4 Å². The SMILES string of the molecule is CC(C)C[C@H](N)B1O[C@H]2C[C@@H]3C[C@@H](C3(C)C)[C@]2(C)O1.Cl. The average Bonchev–Trinajstić information content (AvgIpc) is 2.64. The Kier molecular flexibility index (Phi) is 4.28. The molecule has 4 fully saturated rings. The number of halogens is 1. The highest BCUT2D eigenvalue weighted by Crippen LogP contribution is 2.65. The van der Waals surface area contributed by atoms with Crippen LogP contribution in [0.5, 0.6) is 0 Å². The fraction of sp³-hybridized carbons (Fsp3) is 1.00. The van der Waals surface area contributed by atoms with E-state index in [-0.39, 0.29) is 37.2 Å². The molecule has 1 aliphatic heterocycles. The molecule has 0 unspecified atom stereocenters. The smallest absolute Gasteiger partial charge is 0.404 e. The van der Waals surface area contributed by atoms with Gasteiger partial charge in [0.1, 0.15) is 0 Å². The molecule has 2 bridgehead atoms. The fourth-order valence-electron chi connectivity index (χ4n) is 4.74. The Hall–Kier alpha value is 0.235. The molecule has 3 aliphatic carbocycles. The normalized spacial score (nSPS) is 42.8. The minimum Gasteiger partial charge on any atom is -0.404 e. The van der Waals surface area contributed by atoms with Crippen molar-refractivity contribution in [3.63, 3.8) is 0 Å². The van der Waals surface area contributed by atoms with Crippen molar-refractivity contribution in [3.05, 3.63) is 0 Å². The second-order valence-corrected chi connectivity index (χ2v) is 8.13. The maximum Gasteiger partial charge on any atom is 0.475 e. The van der Waals surface area contributed by atoms with Gasteiger partial charge < -0.3 is 15.0 Å². The highest BCUT2D eigenvalue weighted by molar-refractivity contribution is 6.47. The Morgan fingerprint density at radius 2 is 1.90 bits per heavy atom. The minimum atomic E-state index is -0.201. The van der Waals surface area contributed by atoms with Gasteiger partial charge in [0.15, 0.2) is 0 Å². The molecule has 0 aromatic heterocycles. The van der Waals surface area contributed by atoms with Crippen LogP contribution in [0.4, 0.5) is 0 Å². The van der Waals surface area contributed by atoms with Gasteiger partial charge in [0.25, 0.3) is 0 Å². The molecule has 1 heterocycles. The summed E-state index contributed by atoms with van der Waals surface area (Å²) in [5, 5.41) is 0. The van der Waals surface area contributed by atoms with E-state index in [4.69, 9.17) is 15.0 Å². The van der Waals surface area contributed by atoms with Gasteiger partial charge in [0.05, 0.1) is 11.7 Å². The Morgan fingerprint density at radius 1 is 1.25 bits per heavy atom. The Labute approximate surface area is 129 Å². The highest BCUT2D eigenvalue weighted by atomic mass is 35.5. The lowest BCUT2D eigenvalue weighted by Crippen LogP contribution is -2.65. The maximum atomic E-state index is 6.35. The number of hydrogen-bond acceptors (Lipinski definition) is 3. The zero-order chi connectivity index (χ0) is 14.0. The molecule has 5 heteroatoms. The molecule has 0 spiro atoms. The van der Waals surface area contributed by atoms with Crippen molar-refractivity contribution in [3.8, 4) is 0 Å². The first-order chi connectivity index (χ1) is 8.75. The lowest BCUT2D eigenvalue weighted by atomic mass is 9.43. The molecule has 1 saturated heterocycles. The lowest BCUT2D eigenvalue weighted by molar-refractivity contribution is -0.199. The molecule has 2 N–H and O–H groups in total. The van der Waals surface area contributed by atoms with Crippen molar-refractivity contribution in [1.29, 1.82) is 0 Å². The summed E-state index contributed by atoms with van der Waals surface area (Å²) in [4.78, 5) is 0. The summed E-state index contributed by atoms with van der Waals surface area (Å²) < 4.78 is 12.5. The largest absolute Gasteiger partial charge is 0.475 e. The first-order valence-electron chi connectivity index (χ1n) is 7.84. The van der Waals surface area contributed by atoms with E-state index in [1.807, 2.05) is 0 Å². The van der Waals surface area contributed by atoms with Crippen LogP contribution in [0.25, 0.3) is 0 Å². The van der Waals surface area contributed by atoms with E-state index in [9.17, 15) is 0 Å². The van der Waals surface area contributed by atoms with Crippen LogP contribution in [0.3, 0.4) is 0 Å². The van der Waals surface area contributed by atoms with Gasteiger partial charge in [-0.15, -0.1) is 12.4 Å². The lowest BCUT2D eigenvalue weighted by Gasteiger charge is -2.64. The zero-order valence-corrected chi connectivity index (χ0v) is 14.2. The maximum absolute atomic E-state index is 6.35. The van der Waals surface area contributed by atoms with Crippen molar-refractivity contribution in [1.82, 2.24) is 0 Å². The second-order valence-electron chi connectivity index (χ2n) is 8.13. The first kappa shape index (κ1) is 16.6. The minimum absolute atomic E-state index is 0. The van der Waals surface area contributed by atoms with Crippen LogP contribution in [-0.4, -0.2) is 24.8 Å². The predicted octanol–water partition coefficient (Wildman–Crippen LogP) is 3.05. The van der Waals surface area contributed by atoms with E-state index in [2.05, 4.69) is 34.6 Å². The third-order valence-electron chi connectivity index (χ3n) is 6.06. The van der Waals surface area contributed by atoms with Crippen LogP contribution >= 0.6 is 12.4 Å². The van der Waals surface area contributed by atoms with Crippen LogP contribution in [-0.2, 0) is 9.31 Å². The van der Waals surface area contributed by atoms with Gasteiger partial charge in [0.2, 0.25) is 0 Å². The summed E-state index contributed by atoms with van der Waals surface area (Å²) in [5.74, 6) is 2.02. The van der Waals surface area contributed by atoms with Crippen LogP contribution in [0.1, 0.15) is 53.9 Å². The molecule has 3 saturated carbocycles. The van der Waals surface area contributed by atoms with Crippen molar-refractivity contribution < 1.29 is 9.31 Å². The van der Waals surface area contributed by atoms with E-state index in [1.165, 1.54) is 6.42 Å². The Morgan fingerprint density at radius 3 is 2.45 bits per heavy atom. The van der Waals surface area contributed by atoms with Gasteiger partial charge in [-0.2, -0.15) is 0 Å². The highest BCUT2D eigenvalue weighted by Gasteiger charge is 2.68. The van der Waals surface area contributed by atoms with Crippen molar-refractivity contribution >= 4 is 19.5 Å². The second kappa shape index (κ2) is 5.15. The van der Waals surface area contributed by atoms with E-state index < -0.39 is 0 Å². The zero-order valence-electron chi connectivity index (χ0n) is 13.4. The summed E-state index contributed by atoms with van der Waals surface area (Å²) in [6, 6.07) is 0. The molecule has 0 aromatic carbocycles. The molecular weight excluding hydrogens is 272 g/mol. The Balaban J connectivity index is 0.00000147. The summed E-state index contributed by atoms with van der Waals surface area (Å²) in [7, 11) is -0.201. The third kappa shape index (κ3) is 2.23. The molecular formula is C15H29BClNO2. The molecule has 116 valence electrons. The number of rotatable bonds is 3. The van der Waals surface area contributed by atoms with E-state index >= 15 is 0 Å². The van der Waals surface area contributed by atoms with Gasteiger partial charge in [-0.25, -0.2) is 0 Å². The molecule has 3 nitrogen and oxygen atoms in total. The van der Waals surface area contributed by atoms with Gasteiger partial charge in [0, 0.05) is 5.94 Å². The van der Waals surface area contributed by atoms with Crippen LogP contribution in [0.15, 0.2) is 0 Å². The first-order valence-corrected chi connectivity index (χ1v) is 7.84. The summed E-state index contributed by atoms with van der Waals surface area (Å²) in [5.41, 5.74) is 6.56. The average molecular weight is 302 g/mol.